The largest absolute Gasteiger partial charge is 0.238 e. The van der Waals surface area contributed by atoms with Crippen molar-refractivity contribution < 1.29 is 0 Å². The average molecular weight is 240 g/mol. The molecule has 15 heavy (non-hydrogen) atoms. The molecule has 2 aromatic rings. The highest BCUT2D eigenvalue weighted by atomic mass is 32.1. The Morgan fingerprint density at radius 3 is 3.07 bits per heavy atom. The van der Waals surface area contributed by atoms with Gasteiger partial charge in [-0.05, 0) is 30.1 Å². The first-order valence-electron chi connectivity index (χ1n) is 4.86. The third kappa shape index (κ3) is 2.15. The predicted molar refractivity (Wildman–Crippen MR) is 62.6 cm³/mol. The Kier molecular flexibility index (Phi) is 3.27. The summed E-state index contributed by atoms with van der Waals surface area (Å²) in [7, 11) is 0. The summed E-state index contributed by atoms with van der Waals surface area (Å²) in [4.78, 5) is 1.29. The summed E-state index contributed by atoms with van der Waals surface area (Å²) in [6, 6.07) is 4.42. The van der Waals surface area contributed by atoms with Crippen molar-refractivity contribution in [2.45, 2.75) is 25.8 Å². The van der Waals surface area contributed by atoms with Crippen LogP contribution in [-0.4, -0.2) is 20.2 Å². The number of aromatic nitrogens is 4. The van der Waals surface area contributed by atoms with E-state index in [2.05, 4.69) is 40.0 Å². The summed E-state index contributed by atoms with van der Waals surface area (Å²) < 4.78 is 2.37. The molecule has 4 nitrogen and oxygen atoms in total. The summed E-state index contributed by atoms with van der Waals surface area (Å²) in [5.41, 5.74) is 0. The number of aromatic amines is 1. The zero-order valence-corrected chi connectivity index (χ0v) is 10.0. The van der Waals surface area contributed by atoms with Crippen LogP contribution in [0.3, 0.4) is 0 Å². The van der Waals surface area contributed by atoms with E-state index in [-0.39, 0.29) is 6.04 Å². The number of thiophene rings is 1. The van der Waals surface area contributed by atoms with Gasteiger partial charge in [0, 0.05) is 4.88 Å². The Hall–Kier alpha value is -1.01. The molecule has 0 aromatic carbocycles. The molecule has 0 aliphatic heterocycles. The highest BCUT2D eigenvalue weighted by molar-refractivity contribution is 7.71. The van der Waals surface area contributed by atoms with E-state index in [1.165, 1.54) is 4.88 Å². The fraction of sp³-hybridized carbons (Fsp3) is 0.444. The maximum Gasteiger partial charge on any atom is 0.238 e. The first-order chi connectivity index (χ1) is 7.33. The fourth-order valence-corrected chi connectivity index (χ4v) is 2.62. The number of hydrogen-bond donors (Lipinski definition) is 1. The van der Waals surface area contributed by atoms with Crippen molar-refractivity contribution in [1.29, 1.82) is 0 Å². The molecule has 0 fully saturated rings. The summed E-state index contributed by atoms with van der Waals surface area (Å²) in [6.07, 6.45) is 2.14. The van der Waals surface area contributed by atoms with Gasteiger partial charge in [0.05, 0.1) is 6.04 Å². The van der Waals surface area contributed by atoms with Crippen molar-refractivity contribution in [1.82, 2.24) is 20.2 Å². The standard InChI is InChI=1S/C9H12N4S2/c1-2-4-7(8-5-3-6-15-8)13-9(14)10-11-12-13/h3,5-7H,2,4H2,1H3,(H,10,12,14). The van der Waals surface area contributed by atoms with E-state index < -0.39 is 0 Å². The lowest BCUT2D eigenvalue weighted by atomic mass is 10.1. The summed E-state index contributed by atoms with van der Waals surface area (Å²) in [5, 5.41) is 12.4. The number of rotatable bonds is 4. The lowest BCUT2D eigenvalue weighted by Gasteiger charge is -2.14. The molecule has 0 aliphatic rings. The molecular formula is C9H12N4S2. The van der Waals surface area contributed by atoms with Crippen LogP contribution in [0.15, 0.2) is 17.5 Å². The van der Waals surface area contributed by atoms with E-state index in [9.17, 15) is 0 Å². The van der Waals surface area contributed by atoms with Crippen LogP contribution in [0.4, 0.5) is 0 Å². The zero-order valence-electron chi connectivity index (χ0n) is 8.38. The molecule has 0 aliphatic carbocycles. The van der Waals surface area contributed by atoms with Crippen molar-refractivity contribution in [3.63, 3.8) is 0 Å². The normalized spacial score (nSPS) is 12.9. The van der Waals surface area contributed by atoms with Crippen molar-refractivity contribution in [3.8, 4) is 0 Å². The SMILES string of the molecule is CCCC(c1cccs1)n1[nH]nnc1=S. The topological polar surface area (TPSA) is 46.5 Å². The van der Waals surface area contributed by atoms with E-state index in [4.69, 9.17) is 12.2 Å². The van der Waals surface area contributed by atoms with Gasteiger partial charge in [-0.3, -0.25) is 0 Å². The van der Waals surface area contributed by atoms with Crippen LogP contribution in [0.25, 0.3) is 0 Å². The van der Waals surface area contributed by atoms with Crippen LogP contribution >= 0.6 is 23.6 Å². The van der Waals surface area contributed by atoms with Gasteiger partial charge in [0.25, 0.3) is 0 Å². The first-order valence-corrected chi connectivity index (χ1v) is 6.14. The molecule has 0 amide bonds. The van der Waals surface area contributed by atoms with E-state index in [0.717, 1.165) is 12.8 Å². The van der Waals surface area contributed by atoms with E-state index >= 15 is 0 Å². The molecule has 2 rings (SSSR count). The van der Waals surface area contributed by atoms with Gasteiger partial charge in [0.2, 0.25) is 4.77 Å². The molecule has 0 saturated heterocycles. The van der Waals surface area contributed by atoms with Gasteiger partial charge in [-0.15, -0.1) is 11.3 Å². The molecular weight excluding hydrogens is 228 g/mol. The van der Waals surface area contributed by atoms with Gasteiger partial charge in [-0.2, -0.15) is 5.21 Å². The Balaban J connectivity index is 2.36. The first kappa shape index (κ1) is 10.5. The molecule has 2 heterocycles. The van der Waals surface area contributed by atoms with Crippen molar-refractivity contribution in [2.75, 3.05) is 0 Å². The summed E-state index contributed by atoms with van der Waals surface area (Å²) in [5.74, 6) is 0. The molecule has 2 aromatic heterocycles. The second-order valence-corrected chi connectivity index (χ2v) is 4.62. The molecule has 80 valence electrons. The minimum absolute atomic E-state index is 0.248. The number of nitrogens with one attached hydrogen (secondary N) is 1. The van der Waals surface area contributed by atoms with E-state index in [1.807, 2.05) is 4.68 Å². The van der Waals surface area contributed by atoms with Gasteiger partial charge in [-0.1, -0.05) is 29.7 Å². The molecule has 1 N–H and O–H groups in total. The third-order valence-electron chi connectivity index (χ3n) is 2.24. The highest BCUT2D eigenvalue weighted by Gasteiger charge is 2.15. The number of hydrogen-bond acceptors (Lipinski definition) is 4. The molecule has 0 saturated carbocycles. The van der Waals surface area contributed by atoms with Crippen LogP contribution in [0.1, 0.15) is 30.7 Å². The summed E-state index contributed by atoms with van der Waals surface area (Å²) >= 11 is 6.85. The summed E-state index contributed by atoms with van der Waals surface area (Å²) in [6.45, 7) is 2.16. The van der Waals surface area contributed by atoms with Gasteiger partial charge < -0.3 is 0 Å². The minimum atomic E-state index is 0.248. The van der Waals surface area contributed by atoms with Gasteiger partial charge >= 0.3 is 0 Å². The minimum Gasteiger partial charge on any atom is -0.234 e. The van der Waals surface area contributed by atoms with Crippen molar-refractivity contribution >= 4 is 23.6 Å². The molecule has 0 radical (unpaired) electrons. The number of H-pyrrole nitrogens is 1. The average Bonchev–Trinajstić information content (AvgIpc) is 2.85. The second kappa shape index (κ2) is 4.67. The van der Waals surface area contributed by atoms with Crippen LogP contribution in [0.2, 0.25) is 0 Å². The Morgan fingerprint density at radius 1 is 1.67 bits per heavy atom. The molecule has 6 heteroatoms. The van der Waals surface area contributed by atoms with Crippen LogP contribution in [0, 0.1) is 4.77 Å². The second-order valence-electron chi connectivity index (χ2n) is 3.27. The highest BCUT2D eigenvalue weighted by Crippen LogP contribution is 2.26. The molecule has 1 atom stereocenters. The lowest BCUT2D eigenvalue weighted by molar-refractivity contribution is 0.473. The quantitative estimate of drug-likeness (QED) is 0.836. The van der Waals surface area contributed by atoms with Gasteiger partial charge in [0.15, 0.2) is 0 Å². The van der Waals surface area contributed by atoms with Gasteiger partial charge in [-0.25, -0.2) is 4.68 Å². The monoisotopic (exact) mass is 240 g/mol. The maximum atomic E-state index is 5.11. The van der Waals surface area contributed by atoms with Crippen LogP contribution in [-0.2, 0) is 0 Å². The van der Waals surface area contributed by atoms with Gasteiger partial charge in [0.1, 0.15) is 0 Å². The van der Waals surface area contributed by atoms with Crippen molar-refractivity contribution in [2.24, 2.45) is 0 Å². The Labute approximate surface area is 96.9 Å². The molecule has 0 spiro atoms. The Bertz CT molecular complexity index is 456. The van der Waals surface area contributed by atoms with Crippen molar-refractivity contribution in [3.05, 3.63) is 27.2 Å². The maximum absolute atomic E-state index is 5.11. The third-order valence-corrected chi connectivity index (χ3v) is 3.49. The molecule has 1 unspecified atom stereocenters. The molecule has 0 bridgehead atoms. The zero-order chi connectivity index (χ0) is 10.7. The smallest absolute Gasteiger partial charge is 0.234 e. The van der Waals surface area contributed by atoms with Crippen LogP contribution in [0.5, 0.6) is 0 Å². The van der Waals surface area contributed by atoms with Crippen LogP contribution < -0.4 is 0 Å². The van der Waals surface area contributed by atoms with E-state index in [0.29, 0.717) is 4.77 Å². The lowest BCUT2D eigenvalue weighted by Crippen LogP contribution is -2.11. The Morgan fingerprint density at radius 2 is 2.53 bits per heavy atom. The predicted octanol–water partition coefficient (Wildman–Crippen LogP) is 2.79. The number of tetrazole rings is 1. The fourth-order valence-electron chi connectivity index (χ4n) is 1.56. The van der Waals surface area contributed by atoms with E-state index in [1.54, 1.807) is 11.3 Å². The number of nitrogens with zero attached hydrogens (tertiary/aromatic N) is 3.